The summed E-state index contributed by atoms with van der Waals surface area (Å²) in [7, 11) is -3.76. The van der Waals surface area contributed by atoms with Gasteiger partial charge < -0.3 is 14.6 Å². The Morgan fingerprint density at radius 1 is 1.03 bits per heavy atom. The Balaban J connectivity index is 1.80. The number of anilines is 2. The second kappa shape index (κ2) is 10.5. The van der Waals surface area contributed by atoms with Crippen LogP contribution in [0.1, 0.15) is 32.9 Å². The third kappa shape index (κ3) is 5.92. The van der Waals surface area contributed by atoms with E-state index in [1.54, 1.807) is 24.5 Å². The molecular formula is C26H25ClN4O4S. The molecule has 0 aliphatic heterocycles. The molecular weight excluding hydrogens is 500 g/mol. The number of nitrogens with one attached hydrogen (secondary N) is 1. The minimum Gasteiger partial charge on any atom is -0.467 e. The average Bonchev–Trinajstić information content (AvgIpc) is 3.34. The molecule has 0 spiro atoms. The highest BCUT2D eigenvalue weighted by atomic mass is 35.5. The Morgan fingerprint density at radius 2 is 1.72 bits per heavy atom. The van der Waals surface area contributed by atoms with E-state index in [9.17, 15) is 13.2 Å². The van der Waals surface area contributed by atoms with Crippen LogP contribution in [-0.4, -0.2) is 30.5 Å². The second-order valence-corrected chi connectivity index (χ2v) is 10.8. The van der Waals surface area contributed by atoms with Gasteiger partial charge >= 0.3 is 0 Å². The van der Waals surface area contributed by atoms with Gasteiger partial charge in [-0.25, -0.2) is 18.4 Å². The zero-order valence-electron chi connectivity index (χ0n) is 20.0. The van der Waals surface area contributed by atoms with Crippen molar-refractivity contribution in [1.29, 1.82) is 0 Å². The van der Waals surface area contributed by atoms with Crippen LogP contribution in [0.4, 0.5) is 11.4 Å². The van der Waals surface area contributed by atoms with E-state index < -0.39 is 20.9 Å². The number of carbonyl (C=O) groups is 1. The van der Waals surface area contributed by atoms with Crippen molar-refractivity contribution in [3.63, 3.8) is 0 Å². The fourth-order valence-electron chi connectivity index (χ4n) is 3.75. The molecule has 0 radical (unpaired) electrons. The Bertz CT molecular complexity index is 1470. The normalized spacial score (nSPS) is 11.3. The van der Waals surface area contributed by atoms with Gasteiger partial charge in [0.05, 0.1) is 24.7 Å². The van der Waals surface area contributed by atoms with Crippen LogP contribution in [0.2, 0.25) is 5.02 Å². The maximum absolute atomic E-state index is 13.6. The number of carbonyl (C=O) groups excluding carboxylic acids is 1. The molecule has 0 atom stereocenters. The van der Waals surface area contributed by atoms with E-state index in [4.69, 9.17) is 16.0 Å². The van der Waals surface area contributed by atoms with E-state index in [1.165, 1.54) is 6.20 Å². The molecule has 2 aromatic carbocycles. The van der Waals surface area contributed by atoms with E-state index in [2.05, 4.69) is 15.3 Å². The summed E-state index contributed by atoms with van der Waals surface area (Å²) in [6, 6.07) is 16.6. The number of para-hydroxylation sites is 1. The van der Waals surface area contributed by atoms with E-state index >= 15 is 0 Å². The quantitative estimate of drug-likeness (QED) is 0.316. The van der Waals surface area contributed by atoms with Gasteiger partial charge in [0.25, 0.3) is 5.91 Å². The fourth-order valence-corrected chi connectivity index (χ4v) is 4.38. The number of rotatable bonds is 8. The zero-order valence-corrected chi connectivity index (χ0v) is 21.6. The molecule has 2 heterocycles. The number of aryl methyl sites for hydroxylation is 2. The zero-order chi connectivity index (χ0) is 25.9. The number of sulfone groups is 1. The van der Waals surface area contributed by atoms with E-state index in [0.29, 0.717) is 35.2 Å². The topological polar surface area (TPSA) is 105 Å². The summed E-state index contributed by atoms with van der Waals surface area (Å²) in [5, 5.41) is 3.08. The first-order valence-electron chi connectivity index (χ1n) is 11.1. The molecule has 0 bridgehead atoms. The fraction of sp³-hybridized carbons (Fsp3) is 0.192. The lowest BCUT2D eigenvalue weighted by atomic mass is 10.1. The molecule has 0 saturated carbocycles. The largest absolute Gasteiger partial charge is 0.467 e. The molecule has 1 N–H and O–H groups in total. The van der Waals surface area contributed by atoms with Gasteiger partial charge in [-0.3, -0.25) is 4.79 Å². The molecule has 0 unspecified atom stereocenters. The number of amides is 1. The molecule has 4 rings (SSSR count). The summed E-state index contributed by atoms with van der Waals surface area (Å²) in [6.45, 7) is 4.42. The number of nitrogens with zero attached hydrogens (tertiary/aromatic N) is 3. The summed E-state index contributed by atoms with van der Waals surface area (Å²) in [5.41, 5.74) is 3.60. The van der Waals surface area contributed by atoms with E-state index in [0.717, 1.165) is 22.9 Å². The van der Waals surface area contributed by atoms with E-state index in [-0.39, 0.29) is 5.69 Å². The van der Waals surface area contributed by atoms with Crippen molar-refractivity contribution >= 4 is 38.7 Å². The highest BCUT2D eigenvalue weighted by molar-refractivity contribution is 7.90. The first kappa shape index (κ1) is 25.4. The number of aromatic nitrogens is 2. The first-order chi connectivity index (χ1) is 17.1. The maximum Gasteiger partial charge on any atom is 0.276 e. The smallest absolute Gasteiger partial charge is 0.276 e. The first-order valence-corrected chi connectivity index (χ1v) is 13.3. The van der Waals surface area contributed by atoms with Gasteiger partial charge in [0.15, 0.2) is 5.69 Å². The molecule has 10 heteroatoms. The predicted molar refractivity (Wildman–Crippen MR) is 139 cm³/mol. The molecule has 1 amide bonds. The Kier molecular flexibility index (Phi) is 7.42. The van der Waals surface area contributed by atoms with Crippen molar-refractivity contribution in [2.75, 3.05) is 16.5 Å². The number of hydrogen-bond donors (Lipinski definition) is 1. The third-order valence-electron chi connectivity index (χ3n) is 5.57. The molecule has 2 aromatic heterocycles. The number of hydrogen-bond acceptors (Lipinski definition) is 7. The Morgan fingerprint density at radius 3 is 2.33 bits per heavy atom. The number of furan rings is 1. The van der Waals surface area contributed by atoms with Gasteiger partial charge in [0, 0.05) is 23.5 Å². The third-order valence-corrected chi connectivity index (χ3v) is 6.68. The van der Waals surface area contributed by atoms with Crippen molar-refractivity contribution in [2.45, 2.75) is 32.1 Å². The summed E-state index contributed by atoms with van der Waals surface area (Å²) in [6.07, 6.45) is 3.93. The minimum absolute atomic E-state index is 0.0615. The second-order valence-electron chi connectivity index (χ2n) is 8.44. The molecule has 186 valence electrons. The summed E-state index contributed by atoms with van der Waals surface area (Å²) < 4.78 is 30.0. The van der Waals surface area contributed by atoms with Crippen molar-refractivity contribution < 1.29 is 17.6 Å². The maximum atomic E-state index is 13.6. The molecule has 4 aromatic rings. The number of benzene rings is 2. The van der Waals surface area contributed by atoms with E-state index in [1.807, 2.05) is 55.1 Å². The van der Waals surface area contributed by atoms with Gasteiger partial charge in [-0.2, -0.15) is 0 Å². The molecule has 0 aliphatic rings. The molecule has 0 aliphatic carbocycles. The SMILES string of the molecule is Cc1cccc(C)c1NC(=O)c1nc(S(C)(=O)=O)ncc1N(Cc1ccc(Cl)cc1)Cc1ccco1. The van der Waals surface area contributed by atoms with Gasteiger partial charge in [0.2, 0.25) is 15.0 Å². The van der Waals surface area contributed by atoms with Crippen LogP contribution < -0.4 is 10.2 Å². The van der Waals surface area contributed by atoms with Gasteiger partial charge in [-0.1, -0.05) is 41.9 Å². The Labute approximate surface area is 214 Å². The number of halogens is 1. The van der Waals surface area contributed by atoms with Crippen LogP contribution >= 0.6 is 11.6 Å². The van der Waals surface area contributed by atoms with Crippen molar-refractivity contribution in [3.05, 3.63) is 100 Å². The molecule has 8 nitrogen and oxygen atoms in total. The van der Waals surface area contributed by atoms with Gasteiger partial charge in [0.1, 0.15) is 5.76 Å². The lowest BCUT2D eigenvalue weighted by Crippen LogP contribution is -2.27. The van der Waals surface area contributed by atoms with Crippen LogP contribution in [0.15, 0.2) is 76.6 Å². The van der Waals surface area contributed by atoms with Crippen molar-refractivity contribution in [3.8, 4) is 0 Å². The summed E-state index contributed by atoms with van der Waals surface area (Å²) in [5.74, 6) is 0.104. The van der Waals surface area contributed by atoms with Crippen molar-refractivity contribution in [1.82, 2.24) is 9.97 Å². The molecule has 36 heavy (non-hydrogen) atoms. The molecule has 0 fully saturated rings. The standard InChI is InChI=1S/C26H25ClN4O4S/c1-17-6-4-7-18(2)23(17)29-25(32)24-22(14-28-26(30-24)36(3,33)34)31(16-21-8-5-13-35-21)15-19-9-11-20(27)12-10-19/h4-14H,15-16H2,1-3H3,(H,29,32). The lowest BCUT2D eigenvalue weighted by molar-refractivity contribution is 0.102. The van der Waals surface area contributed by atoms with Gasteiger partial charge in [-0.15, -0.1) is 0 Å². The predicted octanol–water partition coefficient (Wildman–Crippen LogP) is 5.20. The highest BCUT2D eigenvalue weighted by Gasteiger charge is 2.25. The van der Waals surface area contributed by atoms with Crippen LogP contribution in [-0.2, 0) is 22.9 Å². The monoisotopic (exact) mass is 524 g/mol. The van der Waals surface area contributed by atoms with Gasteiger partial charge in [-0.05, 0) is 54.8 Å². The van der Waals surface area contributed by atoms with Crippen molar-refractivity contribution in [2.24, 2.45) is 0 Å². The highest BCUT2D eigenvalue weighted by Crippen LogP contribution is 2.27. The van der Waals surface area contributed by atoms with Crippen LogP contribution in [0, 0.1) is 13.8 Å². The average molecular weight is 525 g/mol. The minimum atomic E-state index is -3.76. The Hall–Kier alpha value is -3.69. The van der Waals surface area contributed by atoms with Crippen LogP contribution in [0.3, 0.4) is 0 Å². The van der Waals surface area contributed by atoms with Crippen LogP contribution in [0.5, 0.6) is 0 Å². The summed E-state index contributed by atoms with van der Waals surface area (Å²) in [4.78, 5) is 23.7. The molecule has 0 saturated heterocycles. The van der Waals surface area contributed by atoms with Crippen LogP contribution in [0.25, 0.3) is 0 Å². The summed E-state index contributed by atoms with van der Waals surface area (Å²) >= 11 is 6.05. The lowest BCUT2D eigenvalue weighted by Gasteiger charge is -2.26.